The molecule has 2 heterocycles. The lowest BCUT2D eigenvalue weighted by molar-refractivity contribution is 0.0824. The fourth-order valence-electron chi connectivity index (χ4n) is 5.32. The first-order chi connectivity index (χ1) is 19.3. The number of anilines is 3. The van der Waals surface area contributed by atoms with Gasteiger partial charge in [-0.05, 0) is 49.1 Å². The van der Waals surface area contributed by atoms with Gasteiger partial charge < -0.3 is 30.1 Å². The number of aromatic amines is 1. The van der Waals surface area contributed by atoms with Crippen LogP contribution in [0.2, 0.25) is 0 Å². The highest BCUT2D eigenvalue weighted by Crippen LogP contribution is 2.37. The minimum absolute atomic E-state index is 0.00160. The first kappa shape index (κ1) is 27.2. The number of carbonyl (C=O) groups is 1. The predicted molar refractivity (Wildman–Crippen MR) is 152 cm³/mol. The van der Waals surface area contributed by atoms with Gasteiger partial charge in [-0.2, -0.15) is 0 Å². The van der Waals surface area contributed by atoms with Gasteiger partial charge in [0, 0.05) is 14.1 Å². The van der Waals surface area contributed by atoms with Crippen molar-refractivity contribution in [3.63, 3.8) is 0 Å². The van der Waals surface area contributed by atoms with E-state index in [9.17, 15) is 19.5 Å². The van der Waals surface area contributed by atoms with Crippen LogP contribution in [-0.4, -0.2) is 46.6 Å². The third-order valence-electron chi connectivity index (χ3n) is 7.53. The van der Waals surface area contributed by atoms with Gasteiger partial charge in [-0.25, -0.2) is 4.68 Å². The summed E-state index contributed by atoms with van der Waals surface area (Å²) in [5.74, 6) is 0.569. The van der Waals surface area contributed by atoms with Crippen LogP contribution in [0.25, 0.3) is 0 Å². The van der Waals surface area contributed by atoms with Crippen molar-refractivity contribution in [2.45, 2.75) is 57.5 Å². The van der Waals surface area contributed by atoms with Gasteiger partial charge in [0.05, 0.1) is 23.3 Å². The van der Waals surface area contributed by atoms with Crippen LogP contribution in [0.15, 0.2) is 46.0 Å². The Hall–Kier alpha value is -4.41. The number of rotatable bonds is 8. The zero-order chi connectivity index (χ0) is 28.4. The van der Waals surface area contributed by atoms with Gasteiger partial charge in [-0.15, -0.1) is 0 Å². The van der Waals surface area contributed by atoms with Crippen molar-refractivity contribution in [1.82, 2.24) is 14.7 Å². The predicted octanol–water partition coefficient (Wildman–Crippen LogP) is 4.48. The van der Waals surface area contributed by atoms with Crippen LogP contribution in [0.3, 0.4) is 0 Å². The maximum Gasteiger partial charge on any atom is 0.291 e. The van der Waals surface area contributed by atoms with E-state index in [0.717, 1.165) is 37.7 Å². The normalized spacial score (nSPS) is 15.5. The molecule has 2 aliphatic rings. The van der Waals surface area contributed by atoms with Crippen molar-refractivity contribution >= 4 is 23.0 Å². The largest absolute Gasteiger partial charge is 0.505 e. The lowest BCUT2D eigenvalue weighted by Gasteiger charge is -2.26. The summed E-state index contributed by atoms with van der Waals surface area (Å²) in [6.45, 7) is 2.12. The van der Waals surface area contributed by atoms with Crippen molar-refractivity contribution in [2.75, 3.05) is 31.5 Å². The summed E-state index contributed by atoms with van der Waals surface area (Å²) in [5, 5.41) is 20.1. The second kappa shape index (κ2) is 11.4. The first-order valence-corrected chi connectivity index (χ1v) is 13.6. The second-order valence-electron chi connectivity index (χ2n) is 10.4. The summed E-state index contributed by atoms with van der Waals surface area (Å²) in [7, 11) is 3.18. The molecule has 2 aromatic carbocycles. The van der Waals surface area contributed by atoms with Gasteiger partial charge in [0.15, 0.2) is 17.2 Å². The number of aromatic nitrogens is 2. The van der Waals surface area contributed by atoms with E-state index >= 15 is 0 Å². The molecule has 0 radical (unpaired) electrons. The summed E-state index contributed by atoms with van der Waals surface area (Å²) in [5.41, 5.74) is 0.238. The molecule has 1 saturated carbocycles. The third kappa shape index (κ3) is 5.23. The highest BCUT2D eigenvalue weighted by Gasteiger charge is 2.26. The molecule has 1 amide bonds. The lowest BCUT2D eigenvalue weighted by Crippen LogP contribution is -2.37. The maximum atomic E-state index is 13.9. The number of hydrogen-bond acceptors (Lipinski definition) is 8. The molecule has 1 atom stereocenters. The Morgan fingerprint density at radius 3 is 2.58 bits per heavy atom. The Morgan fingerprint density at radius 2 is 1.85 bits per heavy atom. The van der Waals surface area contributed by atoms with Gasteiger partial charge in [0.25, 0.3) is 17.0 Å². The van der Waals surface area contributed by atoms with Crippen molar-refractivity contribution in [2.24, 2.45) is 0 Å². The molecule has 1 fully saturated rings. The molecular weight excluding hydrogens is 514 g/mol. The van der Waals surface area contributed by atoms with Gasteiger partial charge in [0.1, 0.15) is 11.4 Å². The van der Waals surface area contributed by atoms with Gasteiger partial charge in [-0.1, -0.05) is 38.3 Å². The standard InChI is InChI=1S/C29H35N5O6/c1-4-20(17-13-14-22-23(15-17)40-16-39-22)30-24-25(29(38)34(32-27(24)36)18-9-6-5-7-10-18)31-21-12-8-11-19(26(21)35)28(37)33(2)3/h8,11-15,18,20,30-31,35H,4-7,9-10,16H2,1-3H3,(H,32,36). The molecule has 0 spiro atoms. The van der Waals surface area contributed by atoms with Crippen LogP contribution in [0, 0.1) is 0 Å². The molecule has 5 rings (SSSR count). The molecule has 0 saturated heterocycles. The maximum absolute atomic E-state index is 13.9. The van der Waals surface area contributed by atoms with Crippen LogP contribution in [0.5, 0.6) is 17.2 Å². The zero-order valence-corrected chi connectivity index (χ0v) is 23.0. The van der Waals surface area contributed by atoms with E-state index in [-0.39, 0.29) is 53.2 Å². The number of ether oxygens (including phenoxy) is 2. The van der Waals surface area contributed by atoms with Gasteiger partial charge in [-0.3, -0.25) is 19.5 Å². The third-order valence-corrected chi connectivity index (χ3v) is 7.53. The number of H-pyrrole nitrogens is 1. The number of phenolic OH excluding ortho intramolecular Hbond substituents is 1. The molecule has 1 aromatic heterocycles. The van der Waals surface area contributed by atoms with E-state index in [1.165, 1.54) is 15.6 Å². The quantitative estimate of drug-likeness (QED) is 0.302. The Kier molecular flexibility index (Phi) is 7.72. The van der Waals surface area contributed by atoms with Crippen molar-refractivity contribution < 1.29 is 19.4 Å². The Labute approximate surface area is 231 Å². The first-order valence-electron chi connectivity index (χ1n) is 13.6. The molecule has 1 aliphatic carbocycles. The highest BCUT2D eigenvalue weighted by atomic mass is 16.7. The number of nitrogens with one attached hydrogen (secondary N) is 3. The lowest BCUT2D eigenvalue weighted by atomic mass is 9.95. The number of fused-ring (bicyclic) bond motifs is 1. The van der Waals surface area contributed by atoms with Crippen LogP contribution in [-0.2, 0) is 0 Å². The van der Waals surface area contributed by atoms with Crippen molar-refractivity contribution in [3.8, 4) is 17.2 Å². The average molecular weight is 550 g/mol. The van der Waals surface area contributed by atoms with Crippen LogP contribution in [0.4, 0.5) is 17.1 Å². The molecule has 1 aliphatic heterocycles. The van der Waals surface area contributed by atoms with Crippen LogP contribution in [0.1, 0.15) is 73.5 Å². The average Bonchev–Trinajstić information content (AvgIpc) is 3.43. The number of benzene rings is 2. The van der Waals surface area contributed by atoms with E-state index in [4.69, 9.17) is 9.47 Å². The molecule has 3 aromatic rings. The summed E-state index contributed by atoms with van der Waals surface area (Å²) in [6.07, 6.45) is 5.21. The summed E-state index contributed by atoms with van der Waals surface area (Å²) >= 11 is 0. The minimum Gasteiger partial charge on any atom is -0.505 e. The number of nitrogens with zero attached hydrogens (tertiary/aromatic N) is 2. The monoisotopic (exact) mass is 549 g/mol. The fourth-order valence-corrected chi connectivity index (χ4v) is 5.32. The highest BCUT2D eigenvalue weighted by molar-refractivity contribution is 5.98. The molecule has 0 bridgehead atoms. The van der Waals surface area contributed by atoms with Crippen molar-refractivity contribution in [3.05, 3.63) is 68.2 Å². The molecule has 212 valence electrons. The fraction of sp³-hybridized carbons (Fsp3) is 0.414. The summed E-state index contributed by atoms with van der Waals surface area (Å²) in [4.78, 5) is 41.5. The van der Waals surface area contributed by atoms with E-state index in [0.29, 0.717) is 17.9 Å². The number of amides is 1. The number of para-hydroxylation sites is 1. The topological polar surface area (TPSA) is 138 Å². The number of hydrogen-bond donors (Lipinski definition) is 4. The second-order valence-corrected chi connectivity index (χ2v) is 10.4. The Bertz CT molecular complexity index is 1520. The van der Waals surface area contributed by atoms with Gasteiger partial charge in [0.2, 0.25) is 6.79 Å². The molecule has 11 nitrogen and oxygen atoms in total. The number of carbonyl (C=O) groups excluding carboxylic acids is 1. The van der Waals surface area contributed by atoms with E-state index in [1.807, 2.05) is 25.1 Å². The molecular formula is C29H35N5O6. The molecule has 4 N–H and O–H groups in total. The van der Waals surface area contributed by atoms with E-state index in [1.54, 1.807) is 26.2 Å². The SMILES string of the molecule is CCC(Nc1c(Nc2cccc(C(=O)N(C)C)c2O)c(=O)n(C2CCCCC2)[nH]c1=O)c1ccc2c(c1)OCO2. The van der Waals surface area contributed by atoms with E-state index in [2.05, 4.69) is 15.7 Å². The van der Waals surface area contributed by atoms with E-state index < -0.39 is 11.1 Å². The number of phenols is 1. The molecule has 40 heavy (non-hydrogen) atoms. The smallest absolute Gasteiger partial charge is 0.291 e. The van der Waals surface area contributed by atoms with Crippen LogP contribution >= 0.6 is 0 Å². The minimum atomic E-state index is -0.466. The molecule has 1 unspecified atom stereocenters. The number of aromatic hydroxyl groups is 1. The van der Waals surface area contributed by atoms with Gasteiger partial charge >= 0.3 is 0 Å². The zero-order valence-electron chi connectivity index (χ0n) is 23.0. The Balaban J connectivity index is 1.59. The van der Waals surface area contributed by atoms with Crippen molar-refractivity contribution in [1.29, 1.82) is 0 Å². The summed E-state index contributed by atoms with van der Waals surface area (Å²) < 4.78 is 12.4. The Morgan fingerprint density at radius 1 is 1.10 bits per heavy atom. The van der Waals surface area contributed by atoms with Crippen LogP contribution < -0.4 is 31.2 Å². The summed E-state index contributed by atoms with van der Waals surface area (Å²) in [6, 6.07) is 9.78. The molecule has 11 heteroatoms.